The molecule has 0 bridgehead atoms. The maximum atomic E-state index is 13.5. The lowest BCUT2D eigenvalue weighted by Crippen LogP contribution is -2.44. The molecule has 1 aromatic heterocycles. The number of fused-ring (bicyclic) bond motifs is 1. The number of methoxy groups -OCH3 is 1. The van der Waals surface area contributed by atoms with Crippen LogP contribution in [0.15, 0.2) is 29.0 Å². The lowest BCUT2D eigenvalue weighted by atomic mass is 9.83. The molecule has 38 heavy (non-hydrogen) atoms. The van der Waals surface area contributed by atoms with Gasteiger partial charge in [-0.2, -0.15) is 0 Å². The van der Waals surface area contributed by atoms with Gasteiger partial charge in [0.25, 0.3) is 0 Å². The first-order valence-electron chi connectivity index (χ1n) is 13.6. The van der Waals surface area contributed by atoms with Gasteiger partial charge in [-0.05, 0) is 37.0 Å². The van der Waals surface area contributed by atoms with E-state index in [0.717, 1.165) is 44.3 Å². The van der Waals surface area contributed by atoms with Crippen LogP contribution in [0.3, 0.4) is 0 Å². The van der Waals surface area contributed by atoms with Gasteiger partial charge in [0.05, 0.1) is 25.8 Å². The normalized spacial score (nSPS) is 20.6. The average Bonchev–Trinajstić information content (AvgIpc) is 3.67. The maximum absolute atomic E-state index is 13.5. The molecule has 10 nitrogen and oxygen atoms in total. The first-order valence-corrected chi connectivity index (χ1v) is 13.6. The first-order chi connectivity index (χ1) is 18.5. The zero-order chi connectivity index (χ0) is 27.1. The van der Waals surface area contributed by atoms with E-state index in [4.69, 9.17) is 18.6 Å². The summed E-state index contributed by atoms with van der Waals surface area (Å²) < 4.78 is 22.1. The fourth-order valence-electron chi connectivity index (χ4n) is 5.53. The number of nitrogens with zero attached hydrogens (tertiary/aromatic N) is 3. The van der Waals surface area contributed by atoms with Crippen LogP contribution in [0.5, 0.6) is 17.2 Å². The second-order valence-electron chi connectivity index (χ2n) is 9.98. The van der Waals surface area contributed by atoms with Gasteiger partial charge in [-0.25, -0.2) is 4.98 Å². The molecule has 4 rings (SSSR count). The van der Waals surface area contributed by atoms with Crippen LogP contribution in [-0.4, -0.2) is 77.9 Å². The third-order valence-electron chi connectivity index (χ3n) is 7.53. The van der Waals surface area contributed by atoms with E-state index in [1.165, 1.54) is 6.26 Å². The number of carboxylic acid groups (broad SMARTS) is 1. The molecule has 10 heteroatoms. The molecule has 208 valence electrons. The first kappa shape index (κ1) is 27.8. The molecule has 1 aromatic carbocycles. The monoisotopic (exact) mass is 529 g/mol. The Morgan fingerprint density at radius 3 is 2.58 bits per heavy atom. The summed E-state index contributed by atoms with van der Waals surface area (Å²) in [7, 11) is 1.55. The molecule has 1 N–H and O–H groups in total. The number of likely N-dealkylation sites (tertiary alicyclic amines) is 1. The SMILES string of the molecule is CCCCN(CCCC)C(=O)CN1CC(c2cc(OC)c3c(c2)OCO3)C(C(=O)O)C1CCc1ncco1. The summed E-state index contributed by atoms with van der Waals surface area (Å²) in [6, 6.07) is 3.31. The minimum Gasteiger partial charge on any atom is -0.493 e. The minimum atomic E-state index is -0.896. The van der Waals surface area contributed by atoms with Crippen LogP contribution < -0.4 is 14.2 Å². The van der Waals surface area contributed by atoms with Crippen LogP contribution in [-0.2, 0) is 16.0 Å². The zero-order valence-corrected chi connectivity index (χ0v) is 22.6. The van der Waals surface area contributed by atoms with Crippen molar-refractivity contribution in [3.8, 4) is 17.2 Å². The van der Waals surface area contributed by atoms with E-state index in [2.05, 4.69) is 18.8 Å². The topological polar surface area (TPSA) is 115 Å². The fraction of sp³-hybridized carbons (Fsp3) is 0.607. The zero-order valence-electron chi connectivity index (χ0n) is 22.6. The summed E-state index contributed by atoms with van der Waals surface area (Å²) in [4.78, 5) is 34.4. The smallest absolute Gasteiger partial charge is 0.308 e. The minimum absolute atomic E-state index is 0.0427. The Hall–Kier alpha value is -3.27. The highest BCUT2D eigenvalue weighted by Crippen LogP contribution is 2.47. The van der Waals surface area contributed by atoms with Crippen LogP contribution in [0.25, 0.3) is 0 Å². The summed E-state index contributed by atoms with van der Waals surface area (Å²) in [6.45, 7) is 6.35. The van der Waals surface area contributed by atoms with E-state index in [-0.39, 0.29) is 31.2 Å². The van der Waals surface area contributed by atoms with Crippen molar-refractivity contribution < 1.29 is 33.3 Å². The summed E-state index contributed by atoms with van der Waals surface area (Å²) in [6.07, 6.45) is 8.00. The standard InChI is InChI=1S/C28H39N3O7/c1-4-6-11-30(12-7-5-2)25(32)17-31-16-20(19-14-22(35-3)27-23(15-19)37-18-38-27)26(28(33)34)21(31)8-9-24-29-10-13-36-24/h10,13-15,20-21,26H,4-9,11-12,16-18H2,1-3H3,(H,33,34). The molecule has 0 spiro atoms. The van der Waals surface area contributed by atoms with Gasteiger partial charge >= 0.3 is 5.97 Å². The number of aliphatic carboxylic acids is 1. The van der Waals surface area contributed by atoms with Crippen molar-refractivity contribution in [2.75, 3.05) is 40.1 Å². The van der Waals surface area contributed by atoms with E-state index in [9.17, 15) is 14.7 Å². The molecular weight excluding hydrogens is 490 g/mol. The van der Waals surface area contributed by atoms with Crippen LogP contribution in [0.2, 0.25) is 0 Å². The number of rotatable bonds is 14. The van der Waals surface area contributed by atoms with Gasteiger partial charge in [-0.15, -0.1) is 0 Å². The van der Waals surface area contributed by atoms with Gasteiger partial charge in [0.2, 0.25) is 18.4 Å². The second kappa shape index (κ2) is 13.0. The van der Waals surface area contributed by atoms with Crippen LogP contribution in [0, 0.1) is 5.92 Å². The molecule has 0 radical (unpaired) electrons. The molecule has 0 aliphatic carbocycles. The fourth-order valence-corrected chi connectivity index (χ4v) is 5.53. The molecule has 3 heterocycles. The number of carbonyl (C=O) groups is 2. The summed E-state index contributed by atoms with van der Waals surface area (Å²) in [5.41, 5.74) is 0.795. The lowest BCUT2D eigenvalue weighted by Gasteiger charge is -2.29. The van der Waals surface area contributed by atoms with Crippen molar-refractivity contribution in [1.29, 1.82) is 0 Å². The largest absolute Gasteiger partial charge is 0.493 e. The molecule has 1 amide bonds. The maximum Gasteiger partial charge on any atom is 0.308 e. The number of benzene rings is 1. The van der Waals surface area contributed by atoms with Gasteiger partial charge < -0.3 is 28.6 Å². The lowest BCUT2D eigenvalue weighted by molar-refractivity contribution is -0.143. The van der Waals surface area contributed by atoms with Crippen molar-refractivity contribution in [3.05, 3.63) is 36.0 Å². The third-order valence-corrected chi connectivity index (χ3v) is 7.53. The molecular formula is C28H39N3O7. The molecule has 3 unspecified atom stereocenters. The molecule has 2 aromatic rings. The van der Waals surface area contributed by atoms with Gasteiger partial charge in [0, 0.05) is 38.0 Å². The average molecular weight is 530 g/mol. The number of amides is 1. The third kappa shape index (κ3) is 6.23. The highest BCUT2D eigenvalue weighted by atomic mass is 16.7. The number of aromatic nitrogens is 1. The number of unbranched alkanes of at least 4 members (excludes halogenated alkanes) is 2. The Labute approximate surface area is 223 Å². The van der Waals surface area contributed by atoms with E-state index < -0.39 is 11.9 Å². The summed E-state index contributed by atoms with van der Waals surface area (Å²) in [5, 5.41) is 10.4. The summed E-state index contributed by atoms with van der Waals surface area (Å²) >= 11 is 0. The molecule has 1 fully saturated rings. The molecule has 0 saturated carbocycles. The predicted octanol–water partition coefficient (Wildman–Crippen LogP) is 3.94. The number of hydrogen-bond acceptors (Lipinski definition) is 8. The Bertz CT molecular complexity index is 1070. The van der Waals surface area contributed by atoms with Crippen molar-refractivity contribution in [3.63, 3.8) is 0 Å². The number of oxazole rings is 1. The van der Waals surface area contributed by atoms with Crippen LogP contribution in [0.4, 0.5) is 0 Å². The van der Waals surface area contributed by atoms with E-state index >= 15 is 0 Å². The Morgan fingerprint density at radius 2 is 1.95 bits per heavy atom. The second-order valence-corrected chi connectivity index (χ2v) is 9.98. The van der Waals surface area contributed by atoms with Crippen molar-refractivity contribution >= 4 is 11.9 Å². The van der Waals surface area contributed by atoms with E-state index in [1.54, 1.807) is 13.3 Å². The number of hydrogen-bond donors (Lipinski definition) is 1. The van der Waals surface area contributed by atoms with E-state index in [1.807, 2.05) is 21.9 Å². The van der Waals surface area contributed by atoms with Crippen LogP contribution in [0.1, 0.15) is 63.3 Å². The molecule has 1 saturated heterocycles. The Morgan fingerprint density at radius 1 is 1.18 bits per heavy atom. The number of aryl methyl sites for hydroxylation is 1. The summed E-state index contributed by atoms with van der Waals surface area (Å²) in [5.74, 6) is 0.182. The van der Waals surface area contributed by atoms with Crippen LogP contribution >= 0.6 is 0 Å². The van der Waals surface area contributed by atoms with Gasteiger partial charge in [-0.1, -0.05) is 26.7 Å². The molecule has 2 aliphatic rings. The number of ether oxygens (including phenoxy) is 3. The van der Waals surface area contributed by atoms with Crippen molar-refractivity contribution in [2.45, 2.75) is 64.3 Å². The quantitative estimate of drug-likeness (QED) is 0.389. The highest BCUT2D eigenvalue weighted by molar-refractivity contribution is 5.79. The highest BCUT2D eigenvalue weighted by Gasteiger charge is 2.47. The van der Waals surface area contributed by atoms with E-state index in [0.29, 0.717) is 42.5 Å². The molecule has 3 atom stereocenters. The van der Waals surface area contributed by atoms with Gasteiger partial charge in [0.1, 0.15) is 6.26 Å². The molecule has 2 aliphatic heterocycles. The predicted molar refractivity (Wildman–Crippen MR) is 140 cm³/mol. The van der Waals surface area contributed by atoms with Crippen molar-refractivity contribution in [1.82, 2.24) is 14.8 Å². The van der Waals surface area contributed by atoms with Crippen molar-refractivity contribution in [2.24, 2.45) is 5.92 Å². The van der Waals surface area contributed by atoms with Gasteiger partial charge in [0.15, 0.2) is 17.4 Å². The Kier molecular flexibility index (Phi) is 9.49. The Balaban J connectivity index is 1.62. The number of carboxylic acids is 1. The van der Waals surface area contributed by atoms with Gasteiger partial charge in [-0.3, -0.25) is 14.5 Å². The number of carbonyl (C=O) groups excluding carboxylic acids is 1.